The van der Waals surface area contributed by atoms with Crippen molar-refractivity contribution >= 4 is 22.0 Å². The molecule has 110 valence electrons. The van der Waals surface area contributed by atoms with E-state index in [2.05, 4.69) is 26.6 Å². The Morgan fingerprint density at radius 2 is 2.10 bits per heavy atom. The zero-order chi connectivity index (χ0) is 14.5. The number of halogens is 2. The zero-order valence-electron chi connectivity index (χ0n) is 11.0. The van der Waals surface area contributed by atoms with Gasteiger partial charge in [0.2, 0.25) is 0 Å². The van der Waals surface area contributed by atoms with Crippen LogP contribution >= 0.6 is 15.9 Å². The molecule has 0 heterocycles. The first-order valence-corrected chi connectivity index (χ1v) is 7.51. The molecular weight excluding hydrogens is 327 g/mol. The van der Waals surface area contributed by atoms with Crippen molar-refractivity contribution in [3.63, 3.8) is 0 Å². The van der Waals surface area contributed by atoms with Gasteiger partial charge < -0.3 is 15.7 Å². The third-order valence-corrected chi connectivity index (χ3v) is 3.88. The Hall–Kier alpha value is -1.14. The molecule has 3 N–H and O–H groups in total. The number of aliphatic hydroxyl groups excluding tert-OH is 1. The summed E-state index contributed by atoms with van der Waals surface area (Å²) >= 11 is 3.21. The minimum absolute atomic E-state index is 0.192. The van der Waals surface area contributed by atoms with E-state index >= 15 is 0 Å². The van der Waals surface area contributed by atoms with Crippen LogP contribution < -0.4 is 10.6 Å². The monoisotopic (exact) mass is 344 g/mol. The van der Waals surface area contributed by atoms with Crippen molar-refractivity contribution in [3.8, 4) is 0 Å². The van der Waals surface area contributed by atoms with Crippen molar-refractivity contribution in [3.05, 3.63) is 34.1 Å². The van der Waals surface area contributed by atoms with Gasteiger partial charge in [0.05, 0.1) is 12.1 Å². The Kier molecular flexibility index (Phi) is 5.37. The molecule has 0 bridgehead atoms. The van der Waals surface area contributed by atoms with E-state index < -0.39 is 6.10 Å². The summed E-state index contributed by atoms with van der Waals surface area (Å²) in [7, 11) is 0. The van der Waals surface area contributed by atoms with Crippen LogP contribution in [0, 0.1) is 5.82 Å². The molecule has 1 aliphatic carbocycles. The van der Waals surface area contributed by atoms with Gasteiger partial charge in [-0.25, -0.2) is 9.18 Å². The molecule has 0 saturated heterocycles. The number of carbonyl (C=O) groups excluding carboxylic acids is 1. The maximum Gasteiger partial charge on any atom is 0.315 e. The average molecular weight is 345 g/mol. The molecule has 20 heavy (non-hydrogen) atoms. The highest BCUT2D eigenvalue weighted by atomic mass is 79.9. The van der Waals surface area contributed by atoms with Crippen LogP contribution in [0.1, 0.15) is 31.2 Å². The summed E-state index contributed by atoms with van der Waals surface area (Å²) in [4.78, 5) is 11.8. The van der Waals surface area contributed by atoms with E-state index in [9.17, 15) is 14.3 Å². The van der Waals surface area contributed by atoms with E-state index in [0.717, 1.165) is 25.7 Å². The van der Waals surface area contributed by atoms with Gasteiger partial charge in [0.1, 0.15) is 5.82 Å². The van der Waals surface area contributed by atoms with Crippen LogP contribution in [0.15, 0.2) is 22.7 Å². The number of aliphatic hydroxyl groups is 1. The normalized spacial score (nSPS) is 22.4. The van der Waals surface area contributed by atoms with Gasteiger partial charge in [0.15, 0.2) is 0 Å². The summed E-state index contributed by atoms with van der Waals surface area (Å²) in [5.41, 5.74) is 0.677. The third-order valence-electron chi connectivity index (χ3n) is 3.42. The largest absolute Gasteiger partial charge is 0.391 e. The SMILES string of the molecule is O=C(NCc1cc(F)cc(Br)c1)NC1CCCCC1O. The molecular formula is C14H18BrFN2O2. The summed E-state index contributed by atoms with van der Waals surface area (Å²) in [6, 6.07) is 3.96. The molecule has 2 rings (SSSR count). The molecule has 0 aliphatic heterocycles. The maximum atomic E-state index is 13.2. The molecule has 6 heteroatoms. The minimum Gasteiger partial charge on any atom is -0.391 e. The van der Waals surface area contributed by atoms with Crippen molar-refractivity contribution < 1.29 is 14.3 Å². The summed E-state index contributed by atoms with van der Waals surface area (Å²) in [6.07, 6.45) is 3.05. The Labute approximate surface area is 125 Å². The van der Waals surface area contributed by atoms with Gasteiger partial charge in [0.25, 0.3) is 0 Å². The highest BCUT2D eigenvalue weighted by Crippen LogP contribution is 2.18. The lowest BCUT2D eigenvalue weighted by Crippen LogP contribution is -2.48. The number of benzene rings is 1. The second-order valence-electron chi connectivity index (χ2n) is 5.06. The molecule has 2 atom stereocenters. The van der Waals surface area contributed by atoms with Crippen molar-refractivity contribution in [2.75, 3.05) is 0 Å². The van der Waals surface area contributed by atoms with Crippen LogP contribution in [-0.2, 0) is 6.54 Å². The van der Waals surface area contributed by atoms with Crippen LogP contribution in [-0.4, -0.2) is 23.3 Å². The predicted octanol–water partition coefficient (Wildman–Crippen LogP) is 2.69. The highest BCUT2D eigenvalue weighted by Gasteiger charge is 2.24. The van der Waals surface area contributed by atoms with Crippen molar-refractivity contribution in [2.24, 2.45) is 0 Å². The van der Waals surface area contributed by atoms with Gasteiger partial charge >= 0.3 is 6.03 Å². The molecule has 0 aromatic heterocycles. The molecule has 2 amide bonds. The number of rotatable bonds is 3. The molecule has 1 aromatic carbocycles. The van der Waals surface area contributed by atoms with Gasteiger partial charge in [-0.1, -0.05) is 28.8 Å². The van der Waals surface area contributed by atoms with E-state index in [1.165, 1.54) is 12.1 Å². The second-order valence-corrected chi connectivity index (χ2v) is 5.98. The number of nitrogens with one attached hydrogen (secondary N) is 2. The van der Waals surface area contributed by atoms with Gasteiger partial charge in [0, 0.05) is 11.0 Å². The number of hydrogen-bond acceptors (Lipinski definition) is 2. The number of carbonyl (C=O) groups is 1. The minimum atomic E-state index is -0.474. The smallest absolute Gasteiger partial charge is 0.315 e. The van der Waals surface area contributed by atoms with Crippen LogP contribution in [0.3, 0.4) is 0 Å². The topological polar surface area (TPSA) is 61.4 Å². The fourth-order valence-corrected chi connectivity index (χ4v) is 2.91. The summed E-state index contributed by atoms with van der Waals surface area (Å²) in [5.74, 6) is -0.348. The van der Waals surface area contributed by atoms with E-state index in [1.807, 2.05) is 0 Å². The Bertz CT molecular complexity index is 464. The second kappa shape index (κ2) is 7.04. The molecule has 0 radical (unpaired) electrons. The lowest BCUT2D eigenvalue weighted by atomic mass is 9.93. The van der Waals surface area contributed by atoms with Gasteiger partial charge in [-0.2, -0.15) is 0 Å². The van der Waals surface area contributed by atoms with E-state index in [0.29, 0.717) is 10.0 Å². The zero-order valence-corrected chi connectivity index (χ0v) is 12.6. The summed E-state index contributed by atoms with van der Waals surface area (Å²) in [6.45, 7) is 0.241. The summed E-state index contributed by atoms with van der Waals surface area (Å²) < 4.78 is 13.8. The van der Waals surface area contributed by atoms with Gasteiger partial charge in [-0.15, -0.1) is 0 Å². The molecule has 2 unspecified atom stereocenters. The van der Waals surface area contributed by atoms with E-state index in [1.54, 1.807) is 6.07 Å². The predicted molar refractivity (Wildman–Crippen MR) is 77.7 cm³/mol. The lowest BCUT2D eigenvalue weighted by molar-refractivity contribution is 0.0943. The third kappa shape index (κ3) is 4.45. The molecule has 1 aromatic rings. The first-order chi connectivity index (χ1) is 9.54. The van der Waals surface area contributed by atoms with E-state index in [-0.39, 0.29) is 24.4 Å². The summed E-state index contributed by atoms with van der Waals surface area (Å²) in [5, 5.41) is 15.2. The lowest BCUT2D eigenvalue weighted by Gasteiger charge is -2.28. The van der Waals surface area contributed by atoms with Crippen LogP contribution in [0.2, 0.25) is 0 Å². The van der Waals surface area contributed by atoms with Crippen molar-refractivity contribution in [2.45, 2.75) is 44.4 Å². The standard InChI is InChI=1S/C14H18BrFN2O2/c15-10-5-9(6-11(16)7-10)8-17-14(20)18-12-3-1-2-4-13(12)19/h5-7,12-13,19H,1-4,8H2,(H2,17,18,20). The van der Waals surface area contributed by atoms with Crippen molar-refractivity contribution in [1.82, 2.24) is 10.6 Å². The number of amides is 2. The molecule has 4 nitrogen and oxygen atoms in total. The first kappa shape index (κ1) is 15.3. The maximum absolute atomic E-state index is 13.2. The number of hydrogen-bond donors (Lipinski definition) is 3. The van der Waals surface area contributed by atoms with Crippen LogP contribution in [0.4, 0.5) is 9.18 Å². The fourth-order valence-electron chi connectivity index (χ4n) is 2.39. The Balaban J connectivity index is 1.82. The molecule has 1 aliphatic rings. The average Bonchev–Trinajstić information content (AvgIpc) is 2.38. The fraction of sp³-hybridized carbons (Fsp3) is 0.500. The van der Waals surface area contributed by atoms with Crippen LogP contribution in [0.5, 0.6) is 0 Å². The van der Waals surface area contributed by atoms with Gasteiger partial charge in [-0.3, -0.25) is 0 Å². The van der Waals surface area contributed by atoms with E-state index in [4.69, 9.17) is 0 Å². The highest BCUT2D eigenvalue weighted by molar-refractivity contribution is 9.10. The van der Waals surface area contributed by atoms with Crippen LogP contribution in [0.25, 0.3) is 0 Å². The Morgan fingerprint density at radius 3 is 2.80 bits per heavy atom. The van der Waals surface area contributed by atoms with Crippen molar-refractivity contribution in [1.29, 1.82) is 0 Å². The molecule has 0 spiro atoms. The molecule has 1 fully saturated rings. The Morgan fingerprint density at radius 1 is 1.35 bits per heavy atom. The number of urea groups is 1. The first-order valence-electron chi connectivity index (χ1n) is 6.72. The quantitative estimate of drug-likeness (QED) is 0.789. The molecule has 1 saturated carbocycles. The van der Waals surface area contributed by atoms with Gasteiger partial charge in [-0.05, 0) is 36.6 Å².